The molecule has 0 spiro atoms. The van der Waals surface area contributed by atoms with E-state index in [2.05, 4.69) is 15.5 Å². The molecule has 0 aliphatic rings. The van der Waals surface area contributed by atoms with Gasteiger partial charge in [0.05, 0.1) is 11.8 Å². The number of thioether (sulfide) groups is 1. The van der Waals surface area contributed by atoms with Crippen molar-refractivity contribution in [3.8, 4) is 0 Å². The van der Waals surface area contributed by atoms with Gasteiger partial charge in [0.1, 0.15) is 0 Å². The zero-order valence-corrected chi connectivity index (χ0v) is 8.57. The van der Waals surface area contributed by atoms with E-state index in [4.69, 9.17) is 11.5 Å². The van der Waals surface area contributed by atoms with Crippen molar-refractivity contribution in [2.45, 2.75) is 23.9 Å². The second-order valence-corrected chi connectivity index (χ2v) is 3.94. The van der Waals surface area contributed by atoms with Crippen LogP contribution in [-0.4, -0.2) is 37.9 Å². The van der Waals surface area contributed by atoms with Crippen LogP contribution in [0.5, 0.6) is 0 Å². The summed E-state index contributed by atoms with van der Waals surface area (Å²) in [5.41, 5.74) is 10.5. The molecule has 1 unspecified atom stereocenters. The van der Waals surface area contributed by atoms with Crippen molar-refractivity contribution in [1.29, 1.82) is 0 Å². The number of primary amides is 1. The van der Waals surface area contributed by atoms with Crippen molar-refractivity contribution in [2.24, 2.45) is 11.5 Å². The van der Waals surface area contributed by atoms with Gasteiger partial charge in [0, 0.05) is 6.54 Å². The summed E-state index contributed by atoms with van der Waals surface area (Å²) in [5.74, 6) is -0.391. The lowest BCUT2D eigenvalue weighted by Crippen LogP contribution is -2.23. The van der Waals surface area contributed by atoms with Gasteiger partial charge < -0.3 is 11.5 Å². The van der Waals surface area contributed by atoms with E-state index < -0.39 is 5.91 Å². The van der Waals surface area contributed by atoms with Gasteiger partial charge in [-0.2, -0.15) is 0 Å². The smallest absolute Gasteiger partial charge is 0.230 e. The quantitative estimate of drug-likeness (QED) is 0.585. The number of nitrogens with zero attached hydrogens (tertiary/aromatic N) is 4. The third kappa shape index (κ3) is 2.67. The summed E-state index contributed by atoms with van der Waals surface area (Å²) in [6, 6.07) is 0. The first-order valence-corrected chi connectivity index (χ1v) is 4.95. The van der Waals surface area contributed by atoms with Gasteiger partial charge in [0.15, 0.2) is 0 Å². The fourth-order valence-electron chi connectivity index (χ4n) is 0.760. The molecule has 0 aliphatic heterocycles. The first-order valence-electron chi connectivity index (χ1n) is 4.07. The molecular formula is C6H12N6OS. The van der Waals surface area contributed by atoms with E-state index in [0.717, 1.165) is 0 Å². The zero-order valence-electron chi connectivity index (χ0n) is 7.75. The summed E-state index contributed by atoms with van der Waals surface area (Å²) >= 11 is 1.22. The second-order valence-electron chi connectivity index (χ2n) is 2.64. The lowest BCUT2D eigenvalue weighted by Gasteiger charge is -2.05. The van der Waals surface area contributed by atoms with Crippen LogP contribution in [0.1, 0.15) is 6.92 Å². The Morgan fingerprint density at radius 1 is 1.71 bits per heavy atom. The molecule has 7 nitrogen and oxygen atoms in total. The van der Waals surface area contributed by atoms with Crippen molar-refractivity contribution in [3.05, 3.63) is 0 Å². The molecular weight excluding hydrogens is 204 g/mol. The summed E-state index contributed by atoms with van der Waals surface area (Å²) in [6.45, 7) is 2.68. The average Bonchev–Trinajstić information content (AvgIpc) is 2.53. The SMILES string of the molecule is CC(Sc1nnnn1CCN)C(N)=O. The van der Waals surface area contributed by atoms with E-state index in [-0.39, 0.29) is 5.25 Å². The lowest BCUT2D eigenvalue weighted by atomic mass is 10.5. The molecule has 1 rings (SSSR count). The molecule has 0 saturated carbocycles. The van der Waals surface area contributed by atoms with Crippen LogP contribution >= 0.6 is 11.8 Å². The third-order valence-electron chi connectivity index (χ3n) is 1.52. The van der Waals surface area contributed by atoms with Crippen LogP contribution < -0.4 is 11.5 Å². The van der Waals surface area contributed by atoms with Crippen LogP contribution in [0, 0.1) is 0 Å². The Morgan fingerprint density at radius 2 is 2.43 bits per heavy atom. The van der Waals surface area contributed by atoms with E-state index in [1.807, 2.05) is 0 Å². The number of carbonyl (C=O) groups is 1. The molecule has 0 bridgehead atoms. The number of hydrogen-bond donors (Lipinski definition) is 2. The lowest BCUT2D eigenvalue weighted by molar-refractivity contribution is -0.117. The predicted octanol–water partition coefficient (Wildman–Crippen LogP) is -1.40. The van der Waals surface area contributed by atoms with E-state index >= 15 is 0 Å². The highest BCUT2D eigenvalue weighted by atomic mass is 32.2. The third-order valence-corrected chi connectivity index (χ3v) is 2.61. The summed E-state index contributed by atoms with van der Waals surface area (Å²) in [4.78, 5) is 10.8. The number of amides is 1. The first-order chi connectivity index (χ1) is 6.65. The fraction of sp³-hybridized carbons (Fsp3) is 0.667. The Balaban J connectivity index is 2.66. The summed E-state index contributed by atoms with van der Waals surface area (Å²) < 4.78 is 1.55. The average molecular weight is 216 g/mol. The minimum atomic E-state index is -0.391. The van der Waals surface area contributed by atoms with Crippen LogP contribution in [0.2, 0.25) is 0 Å². The molecule has 0 radical (unpaired) electrons. The molecule has 1 atom stereocenters. The molecule has 0 aliphatic carbocycles. The molecule has 0 aromatic carbocycles. The molecule has 1 heterocycles. The standard InChI is InChI=1S/C6H12N6OS/c1-4(5(8)13)14-6-9-10-11-12(6)3-2-7/h4H,2-3,7H2,1H3,(H2,8,13). The van der Waals surface area contributed by atoms with Gasteiger partial charge >= 0.3 is 0 Å². The minimum absolute atomic E-state index is 0.350. The van der Waals surface area contributed by atoms with Crippen molar-refractivity contribution >= 4 is 17.7 Å². The van der Waals surface area contributed by atoms with Crippen LogP contribution in [0.3, 0.4) is 0 Å². The fourth-order valence-corrected chi connectivity index (χ4v) is 1.53. The van der Waals surface area contributed by atoms with Gasteiger partial charge in [-0.25, -0.2) is 4.68 Å². The molecule has 1 aromatic heterocycles. The van der Waals surface area contributed by atoms with Crippen LogP contribution in [0.25, 0.3) is 0 Å². The summed E-state index contributed by atoms with van der Waals surface area (Å²) in [6.07, 6.45) is 0. The predicted molar refractivity (Wildman–Crippen MR) is 51.4 cm³/mol. The number of rotatable bonds is 5. The van der Waals surface area contributed by atoms with E-state index in [1.54, 1.807) is 11.6 Å². The monoisotopic (exact) mass is 216 g/mol. The number of hydrogen-bond acceptors (Lipinski definition) is 6. The highest BCUT2D eigenvalue weighted by molar-refractivity contribution is 8.00. The summed E-state index contributed by atoms with van der Waals surface area (Å²) in [7, 11) is 0. The van der Waals surface area contributed by atoms with Gasteiger partial charge in [-0.1, -0.05) is 11.8 Å². The van der Waals surface area contributed by atoms with Gasteiger partial charge in [-0.05, 0) is 17.4 Å². The van der Waals surface area contributed by atoms with Gasteiger partial charge in [0.25, 0.3) is 0 Å². The van der Waals surface area contributed by atoms with E-state index in [9.17, 15) is 4.79 Å². The topological polar surface area (TPSA) is 113 Å². The number of nitrogens with two attached hydrogens (primary N) is 2. The molecule has 78 valence electrons. The van der Waals surface area contributed by atoms with Crippen molar-refractivity contribution in [2.75, 3.05) is 6.54 Å². The number of carbonyl (C=O) groups excluding carboxylic acids is 1. The number of tetrazole rings is 1. The second kappa shape index (κ2) is 4.91. The Kier molecular flexibility index (Phi) is 3.84. The molecule has 4 N–H and O–H groups in total. The van der Waals surface area contributed by atoms with Gasteiger partial charge in [0.2, 0.25) is 11.1 Å². The molecule has 8 heteroatoms. The van der Waals surface area contributed by atoms with Crippen molar-refractivity contribution < 1.29 is 4.79 Å². The van der Waals surface area contributed by atoms with Crippen LogP contribution in [0.15, 0.2) is 5.16 Å². The molecule has 1 amide bonds. The molecule has 1 aromatic rings. The molecule has 14 heavy (non-hydrogen) atoms. The number of aromatic nitrogens is 4. The maximum Gasteiger partial charge on any atom is 0.230 e. The van der Waals surface area contributed by atoms with Gasteiger partial charge in [-0.3, -0.25) is 4.79 Å². The molecule has 0 fully saturated rings. The van der Waals surface area contributed by atoms with Crippen molar-refractivity contribution in [3.63, 3.8) is 0 Å². The highest BCUT2D eigenvalue weighted by Gasteiger charge is 2.15. The highest BCUT2D eigenvalue weighted by Crippen LogP contribution is 2.19. The first kappa shape index (κ1) is 10.9. The Bertz CT molecular complexity index is 313. The Hall–Kier alpha value is -1.15. The zero-order chi connectivity index (χ0) is 10.6. The van der Waals surface area contributed by atoms with Crippen LogP contribution in [-0.2, 0) is 11.3 Å². The maximum atomic E-state index is 10.8. The maximum absolute atomic E-state index is 10.8. The largest absolute Gasteiger partial charge is 0.369 e. The van der Waals surface area contributed by atoms with E-state index in [0.29, 0.717) is 18.2 Å². The normalized spacial score (nSPS) is 12.7. The van der Waals surface area contributed by atoms with Crippen molar-refractivity contribution in [1.82, 2.24) is 20.2 Å². The molecule has 0 saturated heterocycles. The van der Waals surface area contributed by atoms with Gasteiger partial charge in [-0.15, -0.1) is 5.10 Å². The Labute approximate surface area is 85.2 Å². The minimum Gasteiger partial charge on any atom is -0.369 e. The summed E-state index contributed by atoms with van der Waals surface area (Å²) in [5, 5.41) is 11.2. The van der Waals surface area contributed by atoms with E-state index in [1.165, 1.54) is 11.8 Å². The Morgan fingerprint density at radius 3 is 3.00 bits per heavy atom. The van der Waals surface area contributed by atoms with Crippen LogP contribution in [0.4, 0.5) is 0 Å².